The first-order valence-corrected chi connectivity index (χ1v) is 9.96. The summed E-state index contributed by atoms with van der Waals surface area (Å²) in [6.07, 6.45) is 8.64. The summed E-state index contributed by atoms with van der Waals surface area (Å²) >= 11 is 0. The molecule has 6 nitrogen and oxygen atoms in total. The lowest BCUT2D eigenvalue weighted by atomic mass is 9.95. The summed E-state index contributed by atoms with van der Waals surface area (Å²) in [6, 6.07) is 13.9. The van der Waals surface area contributed by atoms with Crippen LogP contribution in [0.25, 0.3) is 21.7 Å². The number of nitrogens with zero attached hydrogens (tertiary/aromatic N) is 3. The summed E-state index contributed by atoms with van der Waals surface area (Å²) in [5.41, 5.74) is 1.72. The number of aromatic nitrogens is 3. The highest BCUT2D eigenvalue weighted by Gasteiger charge is 2.21. The topological polar surface area (TPSA) is 80.2 Å². The van der Waals surface area contributed by atoms with Crippen molar-refractivity contribution in [1.82, 2.24) is 15.0 Å². The minimum absolute atomic E-state index is 0.112. The van der Waals surface area contributed by atoms with E-state index in [0.717, 1.165) is 58.8 Å². The average molecular weight is 386 g/mol. The Labute approximate surface area is 168 Å². The van der Waals surface area contributed by atoms with Gasteiger partial charge in [0.25, 0.3) is 0 Å². The number of rotatable bonds is 4. The molecule has 1 saturated carbocycles. The first-order chi connectivity index (χ1) is 14.3. The first kappa shape index (κ1) is 17.8. The molecule has 1 fully saturated rings. The summed E-state index contributed by atoms with van der Waals surface area (Å²) in [5, 5.41) is 16.1. The van der Waals surface area contributed by atoms with Crippen LogP contribution in [0.4, 0.5) is 11.6 Å². The molecule has 0 aliphatic heterocycles. The van der Waals surface area contributed by atoms with Crippen LogP contribution >= 0.6 is 0 Å². The van der Waals surface area contributed by atoms with Crippen LogP contribution in [0.1, 0.15) is 25.7 Å². The largest absolute Gasteiger partial charge is 0.488 e. The first-order valence-electron chi connectivity index (χ1n) is 9.96. The molecule has 2 aromatic heterocycles. The van der Waals surface area contributed by atoms with Crippen LogP contribution in [0.2, 0.25) is 0 Å². The van der Waals surface area contributed by atoms with Crippen LogP contribution in [-0.4, -0.2) is 32.3 Å². The zero-order chi connectivity index (χ0) is 19.6. The fourth-order valence-electron chi connectivity index (χ4n) is 3.88. The molecule has 2 heterocycles. The molecule has 0 radical (unpaired) electrons. The number of aliphatic hydroxyl groups is 1. The Hall–Kier alpha value is -3.25. The number of ether oxygens (including phenoxy) is 1. The SMILES string of the molecule is O[C@H]1CC[C@@H](Oc2cccc3cnc(Nc4cccc5cnccc45)nc23)CC1. The van der Waals surface area contributed by atoms with Crippen molar-refractivity contribution in [2.24, 2.45) is 0 Å². The van der Waals surface area contributed by atoms with Crippen molar-refractivity contribution in [2.75, 3.05) is 5.32 Å². The number of hydrogen-bond donors (Lipinski definition) is 2. The third-order valence-corrected chi connectivity index (χ3v) is 5.44. The molecular formula is C23H22N4O2. The molecule has 4 aromatic rings. The number of hydrogen-bond acceptors (Lipinski definition) is 6. The van der Waals surface area contributed by atoms with E-state index in [0.29, 0.717) is 5.95 Å². The number of aliphatic hydroxyl groups excluding tert-OH is 1. The van der Waals surface area contributed by atoms with E-state index in [9.17, 15) is 5.11 Å². The lowest BCUT2D eigenvalue weighted by Crippen LogP contribution is -2.26. The van der Waals surface area contributed by atoms with Crippen LogP contribution in [-0.2, 0) is 0 Å². The van der Waals surface area contributed by atoms with Gasteiger partial charge in [0.1, 0.15) is 11.3 Å². The molecule has 0 amide bonds. The molecule has 29 heavy (non-hydrogen) atoms. The van der Waals surface area contributed by atoms with E-state index >= 15 is 0 Å². The predicted octanol–water partition coefficient (Wildman–Crippen LogP) is 4.60. The van der Waals surface area contributed by atoms with E-state index in [1.54, 1.807) is 6.20 Å². The van der Waals surface area contributed by atoms with Gasteiger partial charge in [0.2, 0.25) is 5.95 Å². The fraction of sp³-hybridized carbons (Fsp3) is 0.261. The summed E-state index contributed by atoms with van der Waals surface area (Å²) < 4.78 is 6.25. The number of benzene rings is 2. The lowest BCUT2D eigenvalue weighted by Gasteiger charge is -2.26. The van der Waals surface area contributed by atoms with Gasteiger partial charge in [-0.3, -0.25) is 4.98 Å². The molecular weight excluding hydrogens is 364 g/mol. The van der Waals surface area contributed by atoms with E-state index in [-0.39, 0.29) is 12.2 Å². The Balaban J connectivity index is 1.46. The van der Waals surface area contributed by atoms with Crippen molar-refractivity contribution >= 4 is 33.3 Å². The maximum atomic E-state index is 9.73. The zero-order valence-electron chi connectivity index (χ0n) is 16.0. The molecule has 0 saturated heterocycles. The Bertz CT molecular complexity index is 1150. The normalized spacial score (nSPS) is 19.3. The molecule has 0 bridgehead atoms. The van der Waals surface area contributed by atoms with E-state index in [4.69, 9.17) is 9.72 Å². The van der Waals surface area contributed by atoms with Crippen molar-refractivity contribution in [3.63, 3.8) is 0 Å². The highest BCUT2D eigenvalue weighted by atomic mass is 16.5. The van der Waals surface area contributed by atoms with Crippen molar-refractivity contribution in [3.05, 3.63) is 61.1 Å². The van der Waals surface area contributed by atoms with Gasteiger partial charge in [0.15, 0.2) is 0 Å². The summed E-state index contributed by atoms with van der Waals surface area (Å²) in [4.78, 5) is 13.4. The van der Waals surface area contributed by atoms with E-state index < -0.39 is 0 Å². The van der Waals surface area contributed by atoms with Crippen molar-refractivity contribution in [1.29, 1.82) is 0 Å². The van der Waals surface area contributed by atoms with Crippen LogP contribution in [0.5, 0.6) is 5.75 Å². The minimum atomic E-state index is -0.198. The van der Waals surface area contributed by atoms with Gasteiger partial charge in [-0.1, -0.05) is 24.3 Å². The molecule has 0 atom stereocenters. The summed E-state index contributed by atoms with van der Waals surface area (Å²) in [6.45, 7) is 0. The Morgan fingerprint density at radius 2 is 1.76 bits per heavy atom. The number of fused-ring (bicyclic) bond motifs is 2. The average Bonchev–Trinajstić information content (AvgIpc) is 2.76. The second-order valence-corrected chi connectivity index (χ2v) is 7.46. The third-order valence-electron chi connectivity index (χ3n) is 5.44. The molecule has 0 unspecified atom stereocenters. The van der Waals surface area contributed by atoms with Gasteiger partial charge in [-0.05, 0) is 43.9 Å². The van der Waals surface area contributed by atoms with Crippen LogP contribution in [0, 0.1) is 0 Å². The number of anilines is 2. The monoisotopic (exact) mass is 386 g/mol. The standard InChI is InChI=1S/C23H22N4O2/c28-17-7-9-18(10-8-17)29-21-6-2-4-16-14-25-23(27-22(16)21)26-20-5-1-3-15-13-24-12-11-19(15)20/h1-6,11-14,17-18,28H,7-10H2,(H,25,26,27)/t17-,18+. The van der Waals surface area contributed by atoms with Gasteiger partial charge in [-0.2, -0.15) is 0 Å². The van der Waals surface area contributed by atoms with Gasteiger partial charge in [0.05, 0.1) is 12.2 Å². The van der Waals surface area contributed by atoms with E-state index in [1.165, 1.54) is 0 Å². The van der Waals surface area contributed by atoms with Gasteiger partial charge in [0, 0.05) is 40.4 Å². The summed E-state index contributed by atoms with van der Waals surface area (Å²) in [7, 11) is 0. The summed E-state index contributed by atoms with van der Waals surface area (Å²) in [5.74, 6) is 1.29. The maximum absolute atomic E-state index is 9.73. The lowest BCUT2D eigenvalue weighted by molar-refractivity contribution is 0.0672. The molecule has 2 aromatic carbocycles. The predicted molar refractivity (Wildman–Crippen MR) is 113 cm³/mol. The van der Waals surface area contributed by atoms with Gasteiger partial charge < -0.3 is 15.2 Å². The third kappa shape index (κ3) is 3.71. The molecule has 146 valence electrons. The highest BCUT2D eigenvalue weighted by molar-refractivity contribution is 5.94. The number of pyridine rings is 1. The molecule has 0 spiro atoms. The number of nitrogens with one attached hydrogen (secondary N) is 1. The van der Waals surface area contributed by atoms with Gasteiger partial charge in [-0.15, -0.1) is 0 Å². The van der Waals surface area contributed by atoms with Crippen molar-refractivity contribution in [2.45, 2.75) is 37.9 Å². The van der Waals surface area contributed by atoms with E-state index in [2.05, 4.69) is 15.3 Å². The van der Waals surface area contributed by atoms with Gasteiger partial charge >= 0.3 is 0 Å². The Morgan fingerprint density at radius 3 is 2.66 bits per heavy atom. The quantitative estimate of drug-likeness (QED) is 0.533. The van der Waals surface area contributed by atoms with Crippen LogP contribution in [0.3, 0.4) is 0 Å². The Kier molecular flexibility index (Phi) is 4.69. The minimum Gasteiger partial charge on any atom is -0.488 e. The molecule has 2 N–H and O–H groups in total. The molecule has 1 aliphatic carbocycles. The van der Waals surface area contributed by atoms with Gasteiger partial charge in [-0.25, -0.2) is 9.97 Å². The Morgan fingerprint density at radius 1 is 0.931 bits per heavy atom. The molecule has 1 aliphatic rings. The second kappa shape index (κ2) is 7.64. The number of para-hydroxylation sites is 1. The zero-order valence-corrected chi connectivity index (χ0v) is 16.0. The second-order valence-electron chi connectivity index (χ2n) is 7.46. The maximum Gasteiger partial charge on any atom is 0.227 e. The van der Waals surface area contributed by atoms with E-state index in [1.807, 2.05) is 54.9 Å². The van der Waals surface area contributed by atoms with Crippen molar-refractivity contribution < 1.29 is 9.84 Å². The highest BCUT2D eigenvalue weighted by Crippen LogP contribution is 2.30. The molecule has 6 heteroatoms. The van der Waals surface area contributed by atoms with Crippen molar-refractivity contribution in [3.8, 4) is 5.75 Å². The van der Waals surface area contributed by atoms with Crippen LogP contribution < -0.4 is 10.1 Å². The molecule has 5 rings (SSSR count). The van der Waals surface area contributed by atoms with Crippen LogP contribution in [0.15, 0.2) is 61.1 Å². The smallest absolute Gasteiger partial charge is 0.227 e. The fourth-order valence-corrected chi connectivity index (χ4v) is 3.88.